The summed E-state index contributed by atoms with van der Waals surface area (Å²) in [4.78, 5) is 23.5. The van der Waals surface area contributed by atoms with Gasteiger partial charge in [-0.3, -0.25) is 0 Å². The van der Waals surface area contributed by atoms with Crippen LogP contribution >= 0.6 is 15.9 Å². The van der Waals surface area contributed by atoms with Crippen LogP contribution in [-0.4, -0.2) is 24.6 Å². The summed E-state index contributed by atoms with van der Waals surface area (Å²) < 4.78 is 16.5. The Bertz CT molecular complexity index is 692. The van der Waals surface area contributed by atoms with Crippen LogP contribution in [0.1, 0.15) is 24.2 Å². The molecule has 0 aliphatic rings. The van der Waals surface area contributed by atoms with Crippen LogP contribution in [0.25, 0.3) is 0 Å². The highest BCUT2D eigenvalue weighted by atomic mass is 79.9. The summed E-state index contributed by atoms with van der Waals surface area (Å²) in [5, 5.41) is 0. The van der Waals surface area contributed by atoms with Crippen LogP contribution in [0.2, 0.25) is 0 Å². The molecule has 126 valence electrons. The van der Waals surface area contributed by atoms with E-state index in [1.807, 2.05) is 12.1 Å². The van der Waals surface area contributed by atoms with E-state index in [1.165, 1.54) is 12.1 Å². The van der Waals surface area contributed by atoms with Crippen molar-refractivity contribution in [1.82, 2.24) is 0 Å². The van der Waals surface area contributed by atoms with Gasteiger partial charge in [-0.2, -0.15) is 0 Å². The van der Waals surface area contributed by atoms with Gasteiger partial charge >= 0.3 is 11.9 Å². The third kappa shape index (κ3) is 5.70. The predicted molar refractivity (Wildman–Crippen MR) is 92.3 cm³/mol. The number of rotatable bonds is 6. The molecule has 0 heterocycles. The van der Waals surface area contributed by atoms with Gasteiger partial charge in [0, 0.05) is 4.47 Å². The van der Waals surface area contributed by atoms with E-state index in [1.54, 1.807) is 38.1 Å². The number of esters is 2. The maximum absolute atomic E-state index is 11.8. The molecule has 0 amide bonds. The van der Waals surface area contributed by atoms with Crippen LogP contribution in [0.15, 0.2) is 53.0 Å². The fourth-order valence-corrected chi connectivity index (χ4v) is 2.04. The van der Waals surface area contributed by atoms with Crippen LogP contribution in [0.4, 0.5) is 0 Å². The molecule has 0 aliphatic heterocycles. The molecule has 0 radical (unpaired) electrons. The standard InChI is InChI=1S/C18H17BrO5/c1-12(2)23-18(21)13-3-7-16(8-4-13)24-17(20)11-22-15-9-5-14(19)6-10-15/h3-10,12H,11H2,1-2H3. The Hall–Kier alpha value is -2.34. The number of hydrogen-bond donors (Lipinski definition) is 0. The molecule has 0 atom stereocenters. The first kappa shape index (κ1) is 18.0. The van der Waals surface area contributed by atoms with Crippen LogP contribution in [0.5, 0.6) is 11.5 Å². The predicted octanol–water partition coefficient (Wildman–Crippen LogP) is 4.00. The number of ether oxygens (including phenoxy) is 3. The van der Waals surface area contributed by atoms with Gasteiger partial charge in [-0.1, -0.05) is 15.9 Å². The van der Waals surface area contributed by atoms with Crippen molar-refractivity contribution in [2.75, 3.05) is 6.61 Å². The zero-order chi connectivity index (χ0) is 17.5. The van der Waals surface area contributed by atoms with Gasteiger partial charge in [-0.05, 0) is 62.4 Å². The Balaban J connectivity index is 1.85. The summed E-state index contributed by atoms with van der Waals surface area (Å²) in [5.41, 5.74) is 0.398. The van der Waals surface area contributed by atoms with E-state index in [2.05, 4.69) is 15.9 Å². The number of benzene rings is 2. The molecule has 2 rings (SSSR count). The quantitative estimate of drug-likeness (QED) is 0.549. The van der Waals surface area contributed by atoms with Crippen LogP contribution in [-0.2, 0) is 9.53 Å². The summed E-state index contributed by atoms with van der Waals surface area (Å²) in [6.45, 7) is 3.34. The van der Waals surface area contributed by atoms with E-state index in [4.69, 9.17) is 14.2 Å². The third-order valence-electron chi connectivity index (χ3n) is 2.83. The fourth-order valence-electron chi connectivity index (χ4n) is 1.78. The van der Waals surface area contributed by atoms with Crippen molar-refractivity contribution in [3.63, 3.8) is 0 Å². The monoisotopic (exact) mass is 392 g/mol. The number of carbonyl (C=O) groups is 2. The summed E-state index contributed by atoms with van der Waals surface area (Å²) in [7, 11) is 0. The summed E-state index contributed by atoms with van der Waals surface area (Å²) in [5.74, 6) is -0.0423. The highest BCUT2D eigenvalue weighted by Crippen LogP contribution is 2.17. The zero-order valence-electron chi connectivity index (χ0n) is 13.3. The molecule has 0 aliphatic carbocycles. The Morgan fingerprint density at radius 3 is 2.12 bits per heavy atom. The maximum atomic E-state index is 11.8. The average Bonchev–Trinajstić information content (AvgIpc) is 2.54. The number of hydrogen-bond acceptors (Lipinski definition) is 5. The van der Waals surface area contributed by atoms with Gasteiger partial charge in [0.05, 0.1) is 11.7 Å². The number of halogens is 1. The fraction of sp³-hybridized carbons (Fsp3) is 0.222. The molecule has 0 fully saturated rings. The van der Waals surface area contributed by atoms with E-state index in [-0.39, 0.29) is 12.7 Å². The molecule has 0 bridgehead atoms. The van der Waals surface area contributed by atoms with Crippen LogP contribution in [0.3, 0.4) is 0 Å². The van der Waals surface area contributed by atoms with E-state index in [9.17, 15) is 9.59 Å². The second-order valence-electron chi connectivity index (χ2n) is 5.20. The smallest absolute Gasteiger partial charge is 0.349 e. The molecule has 0 saturated heterocycles. The largest absolute Gasteiger partial charge is 0.482 e. The van der Waals surface area contributed by atoms with Crippen LogP contribution < -0.4 is 9.47 Å². The lowest BCUT2D eigenvalue weighted by atomic mass is 10.2. The van der Waals surface area contributed by atoms with Crippen molar-refractivity contribution >= 4 is 27.9 Å². The molecule has 0 spiro atoms. The van der Waals surface area contributed by atoms with Crippen LogP contribution in [0, 0.1) is 0 Å². The van der Waals surface area contributed by atoms with Gasteiger partial charge in [0.1, 0.15) is 11.5 Å². The van der Waals surface area contributed by atoms with Crippen molar-refractivity contribution in [2.24, 2.45) is 0 Å². The molecular weight excluding hydrogens is 376 g/mol. The lowest BCUT2D eigenvalue weighted by Crippen LogP contribution is -2.17. The zero-order valence-corrected chi connectivity index (χ0v) is 14.9. The summed E-state index contributed by atoms with van der Waals surface area (Å²) >= 11 is 3.32. The van der Waals surface area contributed by atoms with Crippen molar-refractivity contribution in [2.45, 2.75) is 20.0 Å². The molecule has 24 heavy (non-hydrogen) atoms. The first-order valence-electron chi connectivity index (χ1n) is 7.34. The van der Waals surface area contributed by atoms with Crippen molar-refractivity contribution in [1.29, 1.82) is 0 Å². The SMILES string of the molecule is CC(C)OC(=O)c1ccc(OC(=O)COc2ccc(Br)cc2)cc1. The van der Waals surface area contributed by atoms with Gasteiger partial charge in [0.15, 0.2) is 6.61 Å². The maximum Gasteiger partial charge on any atom is 0.349 e. The van der Waals surface area contributed by atoms with E-state index >= 15 is 0 Å². The average molecular weight is 393 g/mol. The summed E-state index contributed by atoms with van der Waals surface area (Å²) in [6, 6.07) is 13.3. The Labute approximate surface area is 148 Å². The minimum Gasteiger partial charge on any atom is -0.482 e. The van der Waals surface area contributed by atoms with Gasteiger partial charge < -0.3 is 14.2 Å². The molecule has 0 N–H and O–H groups in total. The van der Waals surface area contributed by atoms with Gasteiger partial charge in [-0.25, -0.2) is 9.59 Å². The molecule has 0 aromatic heterocycles. The first-order chi connectivity index (χ1) is 11.4. The second-order valence-corrected chi connectivity index (χ2v) is 6.11. The van der Waals surface area contributed by atoms with Crippen molar-refractivity contribution in [3.05, 3.63) is 58.6 Å². The van der Waals surface area contributed by atoms with Crippen molar-refractivity contribution < 1.29 is 23.8 Å². The van der Waals surface area contributed by atoms with Crippen molar-refractivity contribution in [3.8, 4) is 11.5 Å². The molecule has 2 aromatic carbocycles. The highest BCUT2D eigenvalue weighted by molar-refractivity contribution is 9.10. The van der Waals surface area contributed by atoms with E-state index in [0.29, 0.717) is 17.1 Å². The summed E-state index contributed by atoms with van der Waals surface area (Å²) in [6.07, 6.45) is -0.189. The highest BCUT2D eigenvalue weighted by Gasteiger charge is 2.11. The molecule has 6 heteroatoms. The Morgan fingerprint density at radius 2 is 1.54 bits per heavy atom. The lowest BCUT2D eigenvalue weighted by Gasteiger charge is -2.09. The molecular formula is C18H17BrO5. The van der Waals surface area contributed by atoms with Gasteiger partial charge in [0.2, 0.25) is 0 Å². The normalized spacial score (nSPS) is 10.3. The van der Waals surface area contributed by atoms with E-state index in [0.717, 1.165) is 4.47 Å². The topological polar surface area (TPSA) is 61.8 Å². The Morgan fingerprint density at radius 1 is 0.958 bits per heavy atom. The van der Waals surface area contributed by atoms with E-state index < -0.39 is 11.9 Å². The Kier molecular flexibility index (Phi) is 6.37. The molecule has 5 nitrogen and oxygen atoms in total. The minimum atomic E-state index is -0.532. The van der Waals surface area contributed by atoms with Gasteiger partial charge in [0.25, 0.3) is 0 Å². The minimum absolute atomic E-state index is 0.189. The molecule has 0 unspecified atom stereocenters. The first-order valence-corrected chi connectivity index (χ1v) is 8.13. The second kappa shape index (κ2) is 8.49. The van der Waals surface area contributed by atoms with Gasteiger partial charge in [-0.15, -0.1) is 0 Å². The molecule has 2 aromatic rings. The molecule has 0 saturated carbocycles. The lowest BCUT2D eigenvalue weighted by molar-refractivity contribution is -0.136. The third-order valence-corrected chi connectivity index (χ3v) is 3.36. The number of carbonyl (C=O) groups excluding carboxylic acids is 2.